The molecule has 37 heavy (non-hydrogen) atoms. The van der Waals surface area contributed by atoms with Crippen LogP contribution in [-0.2, 0) is 33.3 Å². The molecular formula is C26H44N4O7. The van der Waals surface area contributed by atoms with Crippen LogP contribution in [0, 0.1) is 0 Å². The van der Waals surface area contributed by atoms with Crippen molar-refractivity contribution in [1.82, 2.24) is 5.32 Å². The van der Waals surface area contributed by atoms with E-state index in [-0.39, 0.29) is 42.5 Å². The van der Waals surface area contributed by atoms with Crippen LogP contribution in [0.4, 0.5) is 0 Å². The summed E-state index contributed by atoms with van der Waals surface area (Å²) in [6.07, 6.45) is 5.35. The lowest BCUT2D eigenvalue weighted by atomic mass is 9.92. The lowest BCUT2D eigenvalue weighted by Crippen LogP contribution is -2.56. The summed E-state index contributed by atoms with van der Waals surface area (Å²) < 4.78 is 22.8. The van der Waals surface area contributed by atoms with Crippen LogP contribution in [0.15, 0.2) is 23.7 Å². The van der Waals surface area contributed by atoms with Crippen LogP contribution in [0.5, 0.6) is 0 Å². The molecule has 0 saturated heterocycles. The number of ether oxygens (including phenoxy) is 4. The van der Waals surface area contributed by atoms with E-state index < -0.39 is 48.3 Å². The van der Waals surface area contributed by atoms with Crippen LogP contribution in [0.25, 0.3) is 0 Å². The summed E-state index contributed by atoms with van der Waals surface area (Å²) in [5, 5.41) is 2.81. The van der Waals surface area contributed by atoms with Crippen molar-refractivity contribution in [3.8, 4) is 0 Å². The van der Waals surface area contributed by atoms with Crippen molar-refractivity contribution >= 4 is 17.8 Å². The van der Waals surface area contributed by atoms with E-state index in [9.17, 15) is 14.4 Å². The highest BCUT2D eigenvalue weighted by molar-refractivity contribution is 6.30. The Morgan fingerprint density at radius 2 is 1.24 bits per heavy atom. The van der Waals surface area contributed by atoms with E-state index in [1.54, 1.807) is 12.2 Å². The van der Waals surface area contributed by atoms with Crippen molar-refractivity contribution in [2.24, 2.45) is 17.2 Å². The van der Waals surface area contributed by atoms with Gasteiger partial charge in [-0.25, -0.2) is 9.59 Å². The summed E-state index contributed by atoms with van der Waals surface area (Å²) in [6, 6.07) is -2.06. The number of nitrogens with two attached hydrogens (primary N) is 3. The first kappa shape index (κ1) is 30.9. The average Bonchev–Trinajstić information content (AvgIpc) is 2.85. The predicted octanol–water partition coefficient (Wildman–Crippen LogP) is 1.28. The monoisotopic (exact) mass is 524 g/mol. The Morgan fingerprint density at radius 3 is 1.70 bits per heavy atom. The number of carbonyl (C=O) groups is 3. The van der Waals surface area contributed by atoms with Gasteiger partial charge in [0.25, 0.3) is 0 Å². The summed E-state index contributed by atoms with van der Waals surface area (Å²) in [6.45, 7) is 9.39. The van der Waals surface area contributed by atoms with Crippen molar-refractivity contribution in [3.05, 3.63) is 23.7 Å². The summed E-state index contributed by atoms with van der Waals surface area (Å²) in [5.41, 5.74) is 18.6. The van der Waals surface area contributed by atoms with E-state index in [0.717, 1.165) is 25.7 Å². The molecule has 2 rings (SSSR count). The Bertz CT molecular complexity index is 854. The molecule has 0 aliphatic heterocycles. The van der Waals surface area contributed by atoms with E-state index in [0.29, 0.717) is 0 Å². The molecule has 0 radical (unpaired) electrons. The molecule has 0 spiro atoms. The third-order valence-corrected chi connectivity index (χ3v) is 6.77. The fourth-order valence-electron chi connectivity index (χ4n) is 4.49. The molecule has 0 saturated carbocycles. The number of carbonyl (C=O) groups excluding carboxylic acids is 3. The van der Waals surface area contributed by atoms with Gasteiger partial charge in [0.15, 0.2) is 0 Å². The van der Waals surface area contributed by atoms with Gasteiger partial charge in [-0.2, -0.15) is 0 Å². The van der Waals surface area contributed by atoms with Gasteiger partial charge in [-0.1, -0.05) is 27.7 Å². The quantitative estimate of drug-likeness (QED) is 0.227. The number of hydrogen-bond donors (Lipinski definition) is 4. The second-order valence-corrected chi connectivity index (χ2v) is 9.66. The molecule has 6 unspecified atom stereocenters. The van der Waals surface area contributed by atoms with Crippen LogP contribution in [0.3, 0.4) is 0 Å². The number of amides is 1. The Morgan fingerprint density at radius 1 is 0.811 bits per heavy atom. The van der Waals surface area contributed by atoms with E-state index in [2.05, 4.69) is 5.32 Å². The summed E-state index contributed by atoms with van der Waals surface area (Å²) in [7, 11) is 0. The number of hydrogen-bond acceptors (Lipinski definition) is 10. The van der Waals surface area contributed by atoms with Crippen LogP contribution < -0.4 is 22.5 Å². The first-order chi connectivity index (χ1) is 17.5. The molecule has 11 nitrogen and oxygen atoms in total. The van der Waals surface area contributed by atoms with E-state index >= 15 is 0 Å². The van der Waals surface area contributed by atoms with Crippen molar-refractivity contribution in [2.45, 2.75) is 122 Å². The summed E-state index contributed by atoms with van der Waals surface area (Å²) >= 11 is 0. The van der Waals surface area contributed by atoms with E-state index in [1.165, 1.54) is 6.92 Å². The zero-order valence-corrected chi connectivity index (χ0v) is 22.6. The Labute approximate surface area is 219 Å². The molecule has 210 valence electrons. The number of nitrogens with one attached hydrogen (secondary N) is 1. The molecule has 0 heterocycles. The SMILES string of the molecule is CCC(CC)OC1C=C(OC(=O)C(=O)OC2=CC(OC(CC)CC)C(NC(C)=O)C(N)C2)CC(N)C1N. The topological polar surface area (TPSA) is 178 Å². The molecule has 0 fully saturated rings. The highest BCUT2D eigenvalue weighted by atomic mass is 16.6. The minimum atomic E-state index is -1.19. The zero-order chi connectivity index (χ0) is 27.7. The molecular weight excluding hydrogens is 480 g/mol. The smallest absolute Gasteiger partial charge is 0.422 e. The highest BCUT2D eigenvalue weighted by Crippen LogP contribution is 2.25. The third kappa shape index (κ3) is 8.89. The normalized spacial score (nSPS) is 27.9. The van der Waals surface area contributed by atoms with Gasteiger partial charge in [-0.3, -0.25) is 4.79 Å². The molecule has 2 aliphatic rings. The van der Waals surface area contributed by atoms with Gasteiger partial charge in [0, 0.05) is 31.8 Å². The van der Waals surface area contributed by atoms with Gasteiger partial charge in [-0.15, -0.1) is 0 Å². The van der Waals surface area contributed by atoms with Crippen molar-refractivity contribution in [1.29, 1.82) is 0 Å². The predicted molar refractivity (Wildman–Crippen MR) is 138 cm³/mol. The van der Waals surface area contributed by atoms with Crippen molar-refractivity contribution < 1.29 is 33.3 Å². The summed E-state index contributed by atoms with van der Waals surface area (Å²) in [5.74, 6) is -2.24. The second-order valence-electron chi connectivity index (χ2n) is 9.66. The minimum Gasteiger partial charge on any atom is -0.423 e. The molecule has 6 atom stereocenters. The Kier molecular flexibility index (Phi) is 12.2. The second kappa shape index (κ2) is 14.6. The lowest BCUT2D eigenvalue weighted by Gasteiger charge is -2.36. The van der Waals surface area contributed by atoms with Gasteiger partial charge < -0.3 is 41.5 Å². The van der Waals surface area contributed by atoms with Gasteiger partial charge in [0.1, 0.15) is 17.6 Å². The summed E-state index contributed by atoms with van der Waals surface area (Å²) in [4.78, 5) is 36.9. The third-order valence-electron chi connectivity index (χ3n) is 6.77. The molecule has 1 amide bonds. The Hall–Kier alpha value is -2.31. The van der Waals surface area contributed by atoms with Gasteiger partial charge in [0.05, 0.1) is 30.4 Å². The molecule has 0 aromatic carbocycles. The van der Waals surface area contributed by atoms with Gasteiger partial charge in [-0.05, 0) is 37.8 Å². The molecule has 0 aromatic rings. The van der Waals surface area contributed by atoms with Crippen LogP contribution in [0.1, 0.15) is 73.1 Å². The average molecular weight is 525 g/mol. The maximum Gasteiger partial charge on any atom is 0.422 e. The van der Waals surface area contributed by atoms with Crippen LogP contribution in [-0.4, -0.2) is 66.4 Å². The van der Waals surface area contributed by atoms with Gasteiger partial charge >= 0.3 is 11.9 Å². The highest BCUT2D eigenvalue weighted by Gasteiger charge is 2.37. The number of rotatable bonds is 11. The maximum atomic E-state index is 12.6. The molecule has 11 heteroatoms. The van der Waals surface area contributed by atoms with Gasteiger partial charge in [0.2, 0.25) is 5.91 Å². The molecule has 0 bridgehead atoms. The van der Waals surface area contributed by atoms with E-state index in [4.69, 9.17) is 36.1 Å². The first-order valence-electron chi connectivity index (χ1n) is 13.2. The molecule has 0 aromatic heterocycles. The molecule has 7 N–H and O–H groups in total. The first-order valence-corrected chi connectivity index (χ1v) is 13.2. The maximum absolute atomic E-state index is 12.6. The fraction of sp³-hybridized carbons (Fsp3) is 0.731. The van der Waals surface area contributed by atoms with Crippen molar-refractivity contribution in [2.75, 3.05) is 0 Å². The standard InChI is InChI=1S/C26H44N4O7/c1-6-15(7-2)34-21-12-17(10-19(27)23(21)29)36-25(32)26(33)37-18-11-20(28)24(30-14(5)31)22(13-18)35-16(8-3)9-4/h12-13,15-16,19-24H,6-11,27-29H2,1-5H3,(H,30,31). The zero-order valence-electron chi connectivity index (χ0n) is 22.6. The fourth-order valence-corrected chi connectivity index (χ4v) is 4.49. The van der Waals surface area contributed by atoms with Crippen LogP contribution >= 0.6 is 0 Å². The lowest BCUT2D eigenvalue weighted by molar-refractivity contribution is -0.163. The number of esters is 2. The largest absolute Gasteiger partial charge is 0.423 e. The minimum absolute atomic E-state index is 0.0153. The van der Waals surface area contributed by atoms with E-state index in [1.807, 2.05) is 27.7 Å². The van der Waals surface area contributed by atoms with Crippen LogP contribution in [0.2, 0.25) is 0 Å². The molecule has 2 aliphatic carbocycles. The Balaban J connectivity index is 2.11. The van der Waals surface area contributed by atoms with Crippen molar-refractivity contribution in [3.63, 3.8) is 0 Å².